The summed E-state index contributed by atoms with van der Waals surface area (Å²) in [6.07, 6.45) is 0. The number of hydrogen-bond acceptors (Lipinski definition) is 5. The summed E-state index contributed by atoms with van der Waals surface area (Å²) in [7, 11) is -3.65. The summed E-state index contributed by atoms with van der Waals surface area (Å²) in [5, 5.41) is 5.08. The van der Waals surface area contributed by atoms with Crippen molar-refractivity contribution in [3.8, 4) is 5.75 Å². The van der Waals surface area contributed by atoms with E-state index >= 15 is 0 Å². The highest BCUT2D eigenvalue weighted by Gasteiger charge is 2.16. The zero-order valence-electron chi connectivity index (χ0n) is 14.0. The first-order valence-electron chi connectivity index (χ1n) is 8.30. The second kappa shape index (κ2) is 7.86. The van der Waals surface area contributed by atoms with Gasteiger partial charge in [-0.1, -0.05) is 18.2 Å². The van der Waals surface area contributed by atoms with Gasteiger partial charge < -0.3 is 9.64 Å². The SMILES string of the molecule is NS(=O)(=O)c1ccc(OCCN2CCN(c3ccccc3)CC2)cc1. The average molecular weight is 361 g/mol. The van der Waals surface area contributed by atoms with Crippen molar-refractivity contribution in [2.24, 2.45) is 5.14 Å². The zero-order chi connectivity index (χ0) is 17.7. The Kier molecular flexibility index (Phi) is 5.57. The molecule has 0 amide bonds. The Morgan fingerprint density at radius 3 is 2.16 bits per heavy atom. The number of nitrogens with two attached hydrogens (primary N) is 1. The van der Waals surface area contributed by atoms with Gasteiger partial charge >= 0.3 is 0 Å². The normalized spacial score (nSPS) is 16.0. The van der Waals surface area contributed by atoms with E-state index < -0.39 is 10.0 Å². The molecule has 1 aliphatic rings. The van der Waals surface area contributed by atoms with Crippen molar-refractivity contribution in [1.29, 1.82) is 0 Å². The lowest BCUT2D eigenvalue weighted by Gasteiger charge is -2.36. The van der Waals surface area contributed by atoms with Crippen LogP contribution in [0.5, 0.6) is 5.75 Å². The van der Waals surface area contributed by atoms with E-state index in [1.165, 1.54) is 17.8 Å². The van der Waals surface area contributed by atoms with Crippen LogP contribution < -0.4 is 14.8 Å². The minimum Gasteiger partial charge on any atom is -0.492 e. The molecule has 1 saturated heterocycles. The third-order valence-corrected chi connectivity index (χ3v) is 5.25. The number of hydrogen-bond donors (Lipinski definition) is 1. The summed E-state index contributed by atoms with van der Waals surface area (Å²) in [5.74, 6) is 0.648. The Labute approximate surface area is 148 Å². The number of sulfonamides is 1. The number of rotatable bonds is 6. The van der Waals surface area contributed by atoms with Gasteiger partial charge in [-0.15, -0.1) is 0 Å². The molecule has 134 valence electrons. The molecule has 0 aliphatic carbocycles. The highest BCUT2D eigenvalue weighted by molar-refractivity contribution is 7.89. The Bertz CT molecular complexity index is 771. The lowest BCUT2D eigenvalue weighted by atomic mass is 10.2. The van der Waals surface area contributed by atoms with Crippen LogP contribution in [0.25, 0.3) is 0 Å². The average Bonchev–Trinajstić information content (AvgIpc) is 2.63. The molecule has 25 heavy (non-hydrogen) atoms. The van der Waals surface area contributed by atoms with Gasteiger partial charge in [0.15, 0.2) is 0 Å². The van der Waals surface area contributed by atoms with E-state index in [9.17, 15) is 8.42 Å². The van der Waals surface area contributed by atoms with Crippen LogP contribution in [-0.2, 0) is 10.0 Å². The Morgan fingerprint density at radius 2 is 1.56 bits per heavy atom. The van der Waals surface area contributed by atoms with E-state index in [1.807, 2.05) is 6.07 Å². The molecule has 0 unspecified atom stereocenters. The highest BCUT2D eigenvalue weighted by Crippen LogP contribution is 2.16. The second-order valence-corrected chi connectivity index (χ2v) is 7.59. The van der Waals surface area contributed by atoms with Gasteiger partial charge in [-0.25, -0.2) is 13.6 Å². The Morgan fingerprint density at radius 1 is 0.920 bits per heavy atom. The van der Waals surface area contributed by atoms with Gasteiger partial charge in [0, 0.05) is 38.4 Å². The molecule has 6 nitrogen and oxygen atoms in total. The maximum Gasteiger partial charge on any atom is 0.238 e. The number of ether oxygens (including phenoxy) is 1. The molecule has 2 aromatic rings. The van der Waals surface area contributed by atoms with Crippen molar-refractivity contribution in [3.63, 3.8) is 0 Å². The number of piperazine rings is 1. The molecule has 0 aromatic heterocycles. The van der Waals surface area contributed by atoms with Gasteiger partial charge in [0.25, 0.3) is 0 Å². The summed E-state index contributed by atoms with van der Waals surface area (Å²) in [6.45, 7) is 5.44. The quantitative estimate of drug-likeness (QED) is 0.845. The maximum atomic E-state index is 11.2. The van der Waals surface area contributed by atoms with Gasteiger partial charge in [-0.2, -0.15) is 0 Å². The van der Waals surface area contributed by atoms with Crippen LogP contribution in [0.4, 0.5) is 5.69 Å². The van der Waals surface area contributed by atoms with E-state index in [0.717, 1.165) is 32.7 Å². The molecule has 0 radical (unpaired) electrons. The van der Waals surface area contributed by atoms with E-state index in [2.05, 4.69) is 34.1 Å². The molecule has 0 bridgehead atoms. The minimum absolute atomic E-state index is 0.0943. The van der Waals surface area contributed by atoms with Crippen molar-refractivity contribution in [1.82, 2.24) is 4.90 Å². The fraction of sp³-hybridized carbons (Fsp3) is 0.333. The lowest BCUT2D eigenvalue weighted by molar-refractivity contribution is 0.200. The smallest absolute Gasteiger partial charge is 0.238 e. The number of benzene rings is 2. The second-order valence-electron chi connectivity index (χ2n) is 6.03. The minimum atomic E-state index is -3.65. The summed E-state index contributed by atoms with van der Waals surface area (Å²) >= 11 is 0. The fourth-order valence-electron chi connectivity index (χ4n) is 2.89. The Balaban J connectivity index is 1.42. The summed E-state index contributed by atoms with van der Waals surface area (Å²) in [6, 6.07) is 16.6. The zero-order valence-corrected chi connectivity index (χ0v) is 14.9. The van der Waals surface area contributed by atoms with Gasteiger partial charge in [0.2, 0.25) is 10.0 Å². The topological polar surface area (TPSA) is 75.9 Å². The lowest BCUT2D eigenvalue weighted by Crippen LogP contribution is -2.47. The largest absolute Gasteiger partial charge is 0.492 e. The first kappa shape index (κ1) is 17.7. The van der Waals surface area contributed by atoms with Crippen molar-refractivity contribution in [3.05, 3.63) is 54.6 Å². The number of nitrogens with zero attached hydrogens (tertiary/aromatic N) is 2. The van der Waals surface area contributed by atoms with Gasteiger partial charge in [0.1, 0.15) is 12.4 Å². The molecule has 0 atom stereocenters. The maximum absolute atomic E-state index is 11.2. The summed E-state index contributed by atoms with van der Waals surface area (Å²) in [4.78, 5) is 4.86. The molecule has 0 saturated carbocycles. The summed E-state index contributed by atoms with van der Waals surface area (Å²) < 4.78 is 28.1. The first-order valence-corrected chi connectivity index (χ1v) is 9.85. The van der Waals surface area contributed by atoms with Crippen LogP contribution in [0.1, 0.15) is 0 Å². The van der Waals surface area contributed by atoms with E-state index in [-0.39, 0.29) is 4.90 Å². The Hall–Kier alpha value is -2.09. The molecule has 0 spiro atoms. The fourth-order valence-corrected chi connectivity index (χ4v) is 3.40. The van der Waals surface area contributed by atoms with Crippen molar-refractivity contribution >= 4 is 15.7 Å². The van der Waals surface area contributed by atoms with E-state index in [0.29, 0.717) is 12.4 Å². The van der Waals surface area contributed by atoms with E-state index in [1.54, 1.807) is 12.1 Å². The van der Waals surface area contributed by atoms with Crippen LogP contribution in [0.15, 0.2) is 59.5 Å². The monoisotopic (exact) mass is 361 g/mol. The third-order valence-electron chi connectivity index (χ3n) is 4.32. The van der Waals surface area contributed by atoms with Crippen LogP contribution in [-0.4, -0.2) is 52.6 Å². The molecular weight excluding hydrogens is 338 g/mol. The predicted molar refractivity (Wildman–Crippen MR) is 98.4 cm³/mol. The van der Waals surface area contributed by atoms with E-state index in [4.69, 9.17) is 9.88 Å². The molecule has 1 aliphatic heterocycles. The molecule has 7 heteroatoms. The van der Waals surface area contributed by atoms with Gasteiger partial charge in [0.05, 0.1) is 4.90 Å². The summed E-state index contributed by atoms with van der Waals surface area (Å²) in [5.41, 5.74) is 1.27. The third kappa shape index (κ3) is 4.94. The standard InChI is InChI=1S/C18H23N3O3S/c19-25(22,23)18-8-6-17(7-9-18)24-15-14-20-10-12-21(13-11-20)16-4-2-1-3-5-16/h1-9H,10-15H2,(H2,19,22,23). The molecule has 3 rings (SSSR count). The molecule has 1 heterocycles. The molecular formula is C18H23N3O3S. The number of para-hydroxylation sites is 1. The van der Waals surface area contributed by atoms with Gasteiger partial charge in [-0.3, -0.25) is 4.90 Å². The molecule has 2 aromatic carbocycles. The first-order chi connectivity index (χ1) is 12.0. The molecule has 2 N–H and O–H groups in total. The number of primary sulfonamides is 1. The van der Waals surface area contributed by atoms with Crippen molar-refractivity contribution in [2.75, 3.05) is 44.2 Å². The van der Waals surface area contributed by atoms with Crippen molar-refractivity contribution in [2.45, 2.75) is 4.90 Å². The molecule has 1 fully saturated rings. The number of anilines is 1. The van der Waals surface area contributed by atoms with Crippen LogP contribution >= 0.6 is 0 Å². The van der Waals surface area contributed by atoms with Crippen LogP contribution in [0, 0.1) is 0 Å². The van der Waals surface area contributed by atoms with Crippen molar-refractivity contribution < 1.29 is 13.2 Å². The van der Waals surface area contributed by atoms with Crippen LogP contribution in [0.3, 0.4) is 0 Å². The predicted octanol–water partition coefficient (Wildman–Crippen LogP) is 1.53. The highest BCUT2D eigenvalue weighted by atomic mass is 32.2. The van der Waals surface area contributed by atoms with Gasteiger partial charge in [-0.05, 0) is 36.4 Å². The van der Waals surface area contributed by atoms with Crippen LogP contribution in [0.2, 0.25) is 0 Å².